The lowest BCUT2D eigenvalue weighted by Crippen LogP contribution is -2.49. The molecule has 2 fully saturated rings. The SMILES string of the molecule is O=C1NC(=O)C2(CCN(C(=O)c3ccc(Cl)cn3)C2)N1. The third-order valence-corrected chi connectivity index (χ3v) is 3.74. The van der Waals surface area contributed by atoms with Crippen molar-refractivity contribution in [2.45, 2.75) is 12.0 Å². The van der Waals surface area contributed by atoms with Crippen molar-refractivity contribution in [2.24, 2.45) is 0 Å². The van der Waals surface area contributed by atoms with Gasteiger partial charge in [-0.05, 0) is 18.6 Å². The second-order valence-electron chi connectivity index (χ2n) is 4.83. The van der Waals surface area contributed by atoms with E-state index in [1.165, 1.54) is 17.2 Å². The maximum absolute atomic E-state index is 12.3. The molecule has 0 bridgehead atoms. The summed E-state index contributed by atoms with van der Waals surface area (Å²) >= 11 is 5.72. The van der Waals surface area contributed by atoms with Gasteiger partial charge in [0.2, 0.25) is 0 Å². The molecule has 0 aliphatic carbocycles. The highest BCUT2D eigenvalue weighted by Crippen LogP contribution is 2.25. The van der Waals surface area contributed by atoms with Crippen LogP contribution in [0.1, 0.15) is 16.9 Å². The quantitative estimate of drug-likeness (QED) is 0.722. The average molecular weight is 295 g/mol. The maximum Gasteiger partial charge on any atom is 0.322 e. The number of carbonyl (C=O) groups is 3. The molecule has 1 unspecified atom stereocenters. The monoisotopic (exact) mass is 294 g/mol. The smallest absolute Gasteiger partial charge is 0.322 e. The van der Waals surface area contributed by atoms with Crippen LogP contribution in [-0.4, -0.2) is 46.4 Å². The van der Waals surface area contributed by atoms with Crippen LogP contribution in [-0.2, 0) is 4.79 Å². The van der Waals surface area contributed by atoms with Crippen molar-refractivity contribution in [2.75, 3.05) is 13.1 Å². The Hall–Kier alpha value is -2.15. The highest BCUT2D eigenvalue weighted by molar-refractivity contribution is 6.30. The van der Waals surface area contributed by atoms with Gasteiger partial charge in [-0.15, -0.1) is 0 Å². The van der Waals surface area contributed by atoms with E-state index in [2.05, 4.69) is 15.6 Å². The fourth-order valence-electron chi connectivity index (χ4n) is 2.46. The molecular formula is C12H11ClN4O3. The summed E-state index contributed by atoms with van der Waals surface area (Å²) in [5.74, 6) is -0.672. The number of pyridine rings is 1. The predicted molar refractivity (Wildman–Crippen MR) is 69.2 cm³/mol. The maximum atomic E-state index is 12.3. The van der Waals surface area contributed by atoms with Gasteiger partial charge < -0.3 is 10.2 Å². The van der Waals surface area contributed by atoms with E-state index in [9.17, 15) is 14.4 Å². The highest BCUT2D eigenvalue weighted by atomic mass is 35.5. The molecule has 2 saturated heterocycles. The van der Waals surface area contributed by atoms with Gasteiger partial charge in [0.15, 0.2) is 0 Å². The first-order valence-corrected chi connectivity index (χ1v) is 6.42. The number of carbonyl (C=O) groups excluding carboxylic acids is 3. The molecule has 4 amide bonds. The molecule has 104 valence electrons. The number of amides is 4. The first-order valence-electron chi connectivity index (χ1n) is 6.05. The predicted octanol–water partition coefficient (Wildman–Crippen LogP) is 0.159. The van der Waals surface area contributed by atoms with E-state index in [4.69, 9.17) is 11.6 Å². The van der Waals surface area contributed by atoms with Crippen LogP contribution < -0.4 is 10.6 Å². The van der Waals surface area contributed by atoms with Crippen LogP contribution in [0.5, 0.6) is 0 Å². The number of imide groups is 1. The number of nitrogens with one attached hydrogen (secondary N) is 2. The highest BCUT2D eigenvalue weighted by Gasteiger charge is 2.51. The van der Waals surface area contributed by atoms with E-state index in [1.807, 2.05) is 0 Å². The number of likely N-dealkylation sites (tertiary alicyclic amines) is 1. The molecule has 2 aliphatic heterocycles. The van der Waals surface area contributed by atoms with Crippen molar-refractivity contribution >= 4 is 29.4 Å². The van der Waals surface area contributed by atoms with Gasteiger partial charge in [-0.2, -0.15) is 0 Å². The van der Waals surface area contributed by atoms with Gasteiger partial charge in [-0.25, -0.2) is 9.78 Å². The van der Waals surface area contributed by atoms with Gasteiger partial charge in [0.1, 0.15) is 11.2 Å². The third kappa shape index (κ3) is 2.00. The fraction of sp³-hybridized carbons (Fsp3) is 0.333. The number of rotatable bonds is 1. The van der Waals surface area contributed by atoms with Crippen molar-refractivity contribution in [3.63, 3.8) is 0 Å². The summed E-state index contributed by atoms with van der Waals surface area (Å²) in [6.45, 7) is 0.532. The first kappa shape index (κ1) is 12.9. The average Bonchev–Trinajstić information content (AvgIpc) is 2.95. The van der Waals surface area contributed by atoms with E-state index >= 15 is 0 Å². The summed E-state index contributed by atoms with van der Waals surface area (Å²) in [4.78, 5) is 40.7. The molecule has 2 aliphatic rings. The van der Waals surface area contributed by atoms with Gasteiger partial charge in [0.05, 0.1) is 11.6 Å². The zero-order chi connectivity index (χ0) is 14.3. The molecule has 0 aromatic carbocycles. The Morgan fingerprint density at radius 1 is 1.40 bits per heavy atom. The number of urea groups is 1. The molecule has 20 heavy (non-hydrogen) atoms. The van der Waals surface area contributed by atoms with E-state index in [0.29, 0.717) is 18.0 Å². The van der Waals surface area contributed by atoms with E-state index < -0.39 is 11.6 Å². The minimum Gasteiger partial charge on any atom is -0.334 e. The zero-order valence-corrected chi connectivity index (χ0v) is 11.1. The molecule has 1 spiro atoms. The molecule has 2 N–H and O–H groups in total. The van der Waals surface area contributed by atoms with Gasteiger partial charge >= 0.3 is 6.03 Å². The van der Waals surface area contributed by atoms with Crippen LogP contribution >= 0.6 is 11.6 Å². The van der Waals surface area contributed by atoms with Gasteiger partial charge in [0.25, 0.3) is 11.8 Å². The van der Waals surface area contributed by atoms with Crippen molar-refractivity contribution in [1.29, 1.82) is 0 Å². The van der Waals surface area contributed by atoms with E-state index in [-0.39, 0.29) is 24.1 Å². The number of nitrogens with zero attached hydrogens (tertiary/aromatic N) is 2. The molecule has 3 rings (SSSR count). The third-order valence-electron chi connectivity index (χ3n) is 3.52. The lowest BCUT2D eigenvalue weighted by Gasteiger charge is -2.20. The van der Waals surface area contributed by atoms with Crippen LogP contribution in [0.2, 0.25) is 5.02 Å². The Morgan fingerprint density at radius 3 is 2.80 bits per heavy atom. The fourth-order valence-corrected chi connectivity index (χ4v) is 2.57. The van der Waals surface area contributed by atoms with Gasteiger partial charge in [0, 0.05) is 12.7 Å². The molecule has 0 saturated carbocycles. The van der Waals surface area contributed by atoms with Crippen molar-refractivity contribution < 1.29 is 14.4 Å². The van der Waals surface area contributed by atoms with Crippen LogP contribution in [0.3, 0.4) is 0 Å². The largest absolute Gasteiger partial charge is 0.334 e. The molecule has 1 aromatic heterocycles. The summed E-state index contributed by atoms with van der Waals surface area (Å²) in [5.41, 5.74) is -0.740. The van der Waals surface area contributed by atoms with Crippen molar-refractivity contribution in [3.8, 4) is 0 Å². The molecule has 1 aromatic rings. The van der Waals surface area contributed by atoms with Gasteiger partial charge in [-0.3, -0.25) is 14.9 Å². The van der Waals surface area contributed by atoms with Gasteiger partial charge in [-0.1, -0.05) is 11.6 Å². The number of halogens is 1. The zero-order valence-electron chi connectivity index (χ0n) is 10.4. The molecular weight excluding hydrogens is 284 g/mol. The molecule has 3 heterocycles. The summed E-state index contributed by atoms with van der Waals surface area (Å²) in [5, 5.41) is 5.23. The summed E-state index contributed by atoms with van der Waals surface area (Å²) in [7, 11) is 0. The van der Waals surface area contributed by atoms with Crippen LogP contribution in [0.4, 0.5) is 4.79 Å². The van der Waals surface area contributed by atoms with Crippen molar-refractivity contribution in [1.82, 2.24) is 20.5 Å². The number of aromatic nitrogens is 1. The minimum absolute atomic E-state index is 0.147. The molecule has 1 atom stereocenters. The second-order valence-corrected chi connectivity index (χ2v) is 5.27. The Kier molecular flexibility index (Phi) is 2.86. The second kappa shape index (κ2) is 4.45. The van der Waals surface area contributed by atoms with E-state index in [0.717, 1.165) is 0 Å². The summed E-state index contributed by atoms with van der Waals surface area (Å²) in [6.07, 6.45) is 1.79. The van der Waals surface area contributed by atoms with Crippen LogP contribution in [0.15, 0.2) is 18.3 Å². The van der Waals surface area contributed by atoms with Crippen molar-refractivity contribution in [3.05, 3.63) is 29.0 Å². The summed E-state index contributed by atoms with van der Waals surface area (Å²) < 4.78 is 0. The number of hydrogen-bond donors (Lipinski definition) is 2. The number of hydrogen-bond acceptors (Lipinski definition) is 4. The lowest BCUT2D eigenvalue weighted by molar-refractivity contribution is -0.123. The van der Waals surface area contributed by atoms with E-state index in [1.54, 1.807) is 6.07 Å². The first-order chi connectivity index (χ1) is 9.50. The Balaban J connectivity index is 1.77. The topological polar surface area (TPSA) is 91.4 Å². The normalized spacial score (nSPS) is 24.9. The van der Waals surface area contributed by atoms with Crippen LogP contribution in [0.25, 0.3) is 0 Å². The standard InChI is InChI=1S/C12H11ClN4O3/c13-7-1-2-8(14-5-7)9(18)17-4-3-12(6-17)10(19)15-11(20)16-12/h1-2,5H,3-4,6H2,(H2,15,16,19,20). The minimum atomic E-state index is -1.00. The van der Waals surface area contributed by atoms with Crippen LogP contribution in [0, 0.1) is 0 Å². The molecule has 8 heteroatoms. The Labute approximate surface area is 119 Å². The molecule has 7 nitrogen and oxygen atoms in total. The molecule has 0 radical (unpaired) electrons. The summed E-state index contributed by atoms with van der Waals surface area (Å²) in [6, 6.07) is 2.59. The Morgan fingerprint density at radius 2 is 2.20 bits per heavy atom. The lowest BCUT2D eigenvalue weighted by atomic mass is 9.99. The Bertz CT molecular complexity index is 603.